The Balaban J connectivity index is 1.94. The van der Waals surface area contributed by atoms with Crippen LogP contribution in [0.5, 0.6) is 0 Å². The van der Waals surface area contributed by atoms with Crippen molar-refractivity contribution in [3.8, 4) is 0 Å². The van der Waals surface area contributed by atoms with Crippen LogP contribution < -0.4 is 10.5 Å². The minimum atomic E-state index is -3.67. The summed E-state index contributed by atoms with van der Waals surface area (Å²) in [6.07, 6.45) is 2.48. The lowest BCUT2D eigenvalue weighted by Gasteiger charge is -2.19. The summed E-state index contributed by atoms with van der Waals surface area (Å²) >= 11 is 6.02. The first-order valence-corrected chi connectivity index (χ1v) is 9.14. The topological polar surface area (TPSA) is 98.0 Å². The number of hydrogen-bond donors (Lipinski definition) is 2. The number of benzene rings is 1. The van der Waals surface area contributed by atoms with Crippen LogP contribution in [0.15, 0.2) is 23.1 Å². The van der Waals surface area contributed by atoms with Crippen molar-refractivity contribution in [2.45, 2.75) is 30.2 Å². The molecule has 0 bridgehead atoms. The van der Waals surface area contributed by atoms with E-state index in [1.807, 2.05) is 0 Å². The third-order valence-corrected chi connectivity index (χ3v) is 6.09. The molecule has 3 rings (SSSR count). The first kappa shape index (κ1) is 14.8. The number of sulfonamides is 1. The Morgan fingerprint density at radius 1 is 1.38 bits per heavy atom. The van der Waals surface area contributed by atoms with Gasteiger partial charge in [0.1, 0.15) is 15.9 Å². The predicted octanol–water partition coefficient (Wildman–Crippen LogP) is 1.42. The molecule has 112 valence electrons. The van der Waals surface area contributed by atoms with E-state index in [2.05, 4.69) is 13.5 Å². The van der Waals surface area contributed by atoms with Crippen molar-refractivity contribution in [2.75, 3.05) is 0 Å². The molecule has 2 unspecified atom stereocenters. The molecule has 21 heavy (non-hydrogen) atoms. The summed E-state index contributed by atoms with van der Waals surface area (Å²) in [6.45, 7) is 0. The van der Waals surface area contributed by atoms with Crippen molar-refractivity contribution in [3.63, 3.8) is 0 Å². The number of nitrogens with two attached hydrogens (primary N) is 1. The van der Waals surface area contributed by atoms with Crippen molar-refractivity contribution < 1.29 is 8.42 Å². The monoisotopic (exact) mass is 342 g/mol. The van der Waals surface area contributed by atoms with Crippen molar-refractivity contribution in [3.05, 3.63) is 18.2 Å². The number of aromatic nitrogens is 2. The molecule has 0 amide bonds. The molecule has 1 fully saturated rings. The van der Waals surface area contributed by atoms with Gasteiger partial charge in [-0.2, -0.15) is 8.75 Å². The zero-order valence-corrected chi connectivity index (χ0v) is 13.5. The Morgan fingerprint density at radius 2 is 2.19 bits per heavy atom. The molecular formula is C12H14N4O2S3. The zero-order valence-electron chi connectivity index (χ0n) is 11.0. The van der Waals surface area contributed by atoms with Crippen molar-refractivity contribution in [1.29, 1.82) is 0 Å². The maximum absolute atomic E-state index is 12.6. The second-order valence-electron chi connectivity index (χ2n) is 5.06. The van der Waals surface area contributed by atoms with Crippen molar-refractivity contribution >= 4 is 50.0 Å². The van der Waals surface area contributed by atoms with Gasteiger partial charge in [-0.25, -0.2) is 13.1 Å². The summed E-state index contributed by atoms with van der Waals surface area (Å²) in [7, 11) is -3.67. The van der Waals surface area contributed by atoms with Crippen LogP contribution in [-0.4, -0.2) is 28.2 Å². The highest BCUT2D eigenvalue weighted by Crippen LogP contribution is 2.28. The van der Waals surface area contributed by atoms with Crippen LogP contribution in [0, 0.1) is 5.92 Å². The fraction of sp³-hybridized carbons (Fsp3) is 0.417. The van der Waals surface area contributed by atoms with E-state index >= 15 is 0 Å². The third kappa shape index (κ3) is 2.78. The average Bonchev–Trinajstić information content (AvgIpc) is 3.05. The van der Waals surface area contributed by atoms with E-state index in [4.69, 9.17) is 18.0 Å². The number of hydrogen-bond acceptors (Lipinski definition) is 6. The Hall–Kier alpha value is -1.16. The van der Waals surface area contributed by atoms with E-state index in [1.54, 1.807) is 12.1 Å². The summed E-state index contributed by atoms with van der Waals surface area (Å²) in [4.78, 5) is 0.524. The second kappa shape index (κ2) is 5.56. The van der Waals surface area contributed by atoms with Crippen LogP contribution >= 0.6 is 23.9 Å². The van der Waals surface area contributed by atoms with Gasteiger partial charge in [0.25, 0.3) is 0 Å². The molecule has 0 spiro atoms. The summed E-state index contributed by atoms with van der Waals surface area (Å²) in [5, 5.41) is 0. The van der Waals surface area contributed by atoms with Gasteiger partial charge in [-0.05, 0) is 25.0 Å². The molecule has 0 radical (unpaired) electrons. The van der Waals surface area contributed by atoms with Crippen molar-refractivity contribution in [2.24, 2.45) is 11.7 Å². The molecule has 1 aromatic carbocycles. The first-order valence-electron chi connectivity index (χ1n) is 6.52. The number of rotatable bonds is 4. The minimum Gasteiger partial charge on any atom is -0.393 e. The van der Waals surface area contributed by atoms with Crippen molar-refractivity contribution in [1.82, 2.24) is 13.5 Å². The quantitative estimate of drug-likeness (QED) is 0.816. The van der Waals surface area contributed by atoms with Crippen LogP contribution in [0.25, 0.3) is 11.0 Å². The van der Waals surface area contributed by atoms with Gasteiger partial charge >= 0.3 is 0 Å². The molecule has 2 aromatic rings. The van der Waals surface area contributed by atoms with E-state index < -0.39 is 10.0 Å². The smallest absolute Gasteiger partial charge is 0.243 e. The molecule has 1 saturated carbocycles. The van der Waals surface area contributed by atoms with Crippen LogP contribution in [0.2, 0.25) is 0 Å². The third-order valence-electron chi connectivity index (χ3n) is 3.73. The van der Waals surface area contributed by atoms with E-state index in [9.17, 15) is 8.42 Å². The molecule has 0 aliphatic heterocycles. The summed E-state index contributed by atoms with van der Waals surface area (Å²) < 4.78 is 36.1. The SMILES string of the molecule is NC(=S)C1CCCC1NS(=O)(=O)c1cccc2nsnc12. The standard InChI is InChI=1S/C12H14N4O2S3/c13-12(19)7-3-1-4-8(7)16-21(17,18)10-6-2-5-9-11(10)15-20-14-9/h2,5-8,16H,1,3-4H2,(H2,13,19). The summed E-state index contributed by atoms with van der Waals surface area (Å²) in [5.74, 6) is -0.0810. The highest BCUT2D eigenvalue weighted by molar-refractivity contribution is 7.89. The van der Waals surface area contributed by atoms with Gasteiger partial charge in [0, 0.05) is 12.0 Å². The summed E-state index contributed by atoms with van der Waals surface area (Å²) in [5.41, 5.74) is 6.68. The highest BCUT2D eigenvalue weighted by atomic mass is 32.2. The van der Waals surface area contributed by atoms with Gasteiger partial charge in [-0.1, -0.05) is 24.7 Å². The molecule has 1 aromatic heterocycles. The molecule has 3 N–H and O–H groups in total. The van der Waals surface area contributed by atoms with Gasteiger partial charge in [0.15, 0.2) is 0 Å². The fourth-order valence-corrected chi connectivity index (χ4v) is 5.06. The number of fused-ring (bicyclic) bond motifs is 1. The molecule has 1 aliphatic rings. The average molecular weight is 342 g/mol. The maximum atomic E-state index is 12.6. The lowest BCUT2D eigenvalue weighted by atomic mass is 10.1. The molecular weight excluding hydrogens is 328 g/mol. The van der Waals surface area contributed by atoms with Gasteiger partial charge in [-0.3, -0.25) is 0 Å². The zero-order chi connectivity index (χ0) is 15.0. The maximum Gasteiger partial charge on any atom is 0.243 e. The summed E-state index contributed by atoms with van der Waals surface area (Å²) in [6, 6.07) is 4.70. The highest BCUT2D eigenvalue weighted by Gasteiger charge is 2.33. The van der Waals surface area contributed by atoms with Gasteiger partial charge in [0.05, 0.1) is 16.7 Å². The Kier molecular flexibility index (Phi) is 3.91. The van der Waals surface area contributed by atoms with Crippen LogP contribution in [0.3, 0.4) is 0 Å². The van der Waals surface area contributed by atoms with Crippen LogP contribution in [-0.2, 0) is 10.0 Å². The number of nitrogens with one attached hydrogen (secondary N) is 1. The fourth-order valence-electron chi connectivity index (χ4n) is 2.70. The van der Waals surface area contributed by atoms with E-state index in [0.717, 1.165) is 31.0 Å². The molecule has 9 heteroatoms. The van der Waals surface area contributed by atoms with E-state index in [0.29, 0.717) is 16.0 Å². The van der Waals surface area contributed by atoms with Gasteiger partial charge in [0.2, 0.25) is 10.0 Å². The minimum absolute atomic E-state index is 0.0810. The predicted molar refractivity (Wildman–Crippen MR) is 85.7 cm³/mol. The Labute approximate surface area is 132 Å². The second-order valence-corrected chi connectivity index (χ2v) is 7.74. The number of nitrogens with zero attached hydrogens (tertiary/aromatic N) is 2. The normalized spacial score (nSPS) is 22.7. The lowest BCUT2D eigenvalue weighted by molar-refractivity contribution is 0.525. The van der Waals surface area contributed by atoms with E-state index in [-0.39, 0.29) is 16.9 Å². The molecule has 1 heterocycles. The molecule has 2 atom stereocenters. The molecule has 0 saturated heterocycles. The van der Waals surface area contributed by atoms with Gasteiger partial charge in [-0.15, -0.1) is 0 Å². The molecule has 6 nitrogen and oxygen atoms in total. The van der Waals surface area contributed by atoms with Gasteiger partial charge < -0.3 is 5.73 Å². The molecule has 1 aliphatic carbocycles. The number of thiocarbonyl (C=S) groups is 1. The van der Waals surface area contributed by atoms with E-state index in [1.165, 1.54) is 6.07 Å². The van der Waals surface area contributed by atoms with Crippen LogP contribution in [0.4, 0.5) is 0 Å². The Bertz CT molecular complexity index is 787. The van der Waals surface area contributed by atoms with Crippen LogP contribution in [0.1, 0.15) is 19.3 Å². The Morgan fingerprint density at radius 3 is 2.95 bits per heavy atom. The first-order chi connectivity index (χ1) is 9.99. The lowest BCUT2D eigenvalue weighted by Crippen LogP contribution is -2.41. The largest absolute Gasteiger partial charge is 0.393 e.